The van der Waals surface area contributed by atoms with Gasteiger partial charge in [-0.25, -0.2) is 13.8 Å². The number of fused-ring (bicyclic) bond motifs is 1. The van der Waals surface area contributed by atoms with Crippen LogP contribution < -0.4 is 10.1 Å². The molecule has 0 aliphatic heterocycles. The number of aromatic nitrogens is 2. The van der Waals surface area contributed by atoms with Crippen LogP contribution in [0.15, 0.2) is 29.1 Å². The molecule has 3 rings (SSSR count). The van der Waals surface area contributed by atoms with E-state index in [0.717, 1.165) is 16.6 Å². The molecule has 132 valence electrons. The van der Waals surface area contributed by atoms with Crippen molar-refractivity contribution in [2.75, 3.05) is 6.67 Å². The lowest BCUT2D eigenvalue weighted by molar-refractivity contribution is -0.126. The summed E-state index contributed by atoms with van der Waals surface area (Å²) in [6, 6.07) is 5.25. The Hall–Kier alpha value is -2.19. The molecule has 0 saturated carbocycles. The van der Waals surface area contributed by atoms with Gasteiger partial charge < -0.3 is 15.0 Å². The summed E-state index contributed by atoms with van der Waals surface area (Å²) in [7, 11) is 0. The number of halogens is 3. The molecule has 2 heterocycles. The molecule has 9 heteroatoms. The maximum absolute atomic E-state index is 12.9. The highest BCUT2D eigenvalue weighted by molar-refractivity contribution is 7.07. The van der Waals surface area contributed by atoms with Crippen LogP contribution in [0.5, 0.6) is 5.75 Å². The average molecular weight is 386 g/mol. The monoisotopic (exact) mass is 385 g/mol. The summed E-state index contributed by atoms with van der Waals surface area (Å²) in [5.74, 6) is -0.479. The first-order valence-corrected chi connectivity index (χ1v) is 8.67. The molecule has 0 saturated heterocycles. The lowest BCUT2D eigenvalue weighted by atomic mass is 10.2. The number of nitrogens with one attached hydrogen (secondary N) is 2. The quantitative estimate of drug-likeness (QED) is 0.650. The number of hydrogen-bond donors (Lipinski definition) is 2. The van der Waals surface area contributed by atoms with E-state index in [4.69, 9.17) is 16.3 Å². The van der Waals surface area contributed by atoms with Crippen LogP contribution >= 0.6 is 22.9 Å². The fourth-order valence-electron chi connectivity index (χ4n) is 2.22. The van der Waals surface area contributed by atoms with Crippen molar-refractivity contribution >= 4 is 39.7 Å². The topological polar surface area (TPSA) is 67.0 Å². The third-order valence-electron chi connectivity index (χ3n) is 3.46. The van der Waals surface area contributed by atoms with Gasteiger partial charge in [-0.1, -0.05) is 11.6 Å². The van der Waals surface area contributed by atoms with Gasteiger partial charge in [-0.15, -0.1) is 11.3 Å². The number of H-pyrrole nitrogens is 1. The lowest BCUT2D eigenvalue weighted by Gasteiger charge is -2.06. The Kier molecular flexibility index (Phi) is 5.50. The number of thiazole rings is 1. The molecule has 1 aromatic carbocycles. The van der Waals surface area contributed by atoms with Crippen LogP contribution in [0, 0.1) is 0 Å². The van der Waals surface area contributed by atoms with Gasteiger partial charge in [-0.3, -0.25) is 4.79 Å². The second-order valence-electron chi connectivity index (χ2n) is 5.27. The molecular weight excluding hydrogens is 372 g/mol. The number of nitrogens with zero attached hydrogens (tertiary/aromatic N) is 1. The van der Waals surface area contributed by atoms with Gasteiger partial charge in [0, 0.05) is 28.0 Å². The average Bonchev–Trinajstić information content (AvgIpc) is 3.25. The van der Waals surface area contributed by atoms with E-state index in [9.17, 15) is 13.6 Å². The minimum absolute atomic E-state index is 0.0561. The molecule has 0 spiro atoms. The smallest absolute Gasteiger partial charge is 0.257 e. The van der Waals surface area contributed by atoms with Gasteiger partial charge in [0.15, 0.2) is 0 Å². The third kappa shape index (κ3) is 4.26. The Balaban J connectivity index is 1.70. The molecule has 0 bridgehead atoms. The molecule has 0 unspecified atom stereocenters. The van der Waals surface area contributed by atoms with E-state index >= 15 is 0 Å². The van der Waals surface area contributed by atoms with Gasteiger partial charge in [0.2, 0.25) is 6.17 Å². The predicted molar refractivity (Wildman–Crippen MR) is 92.5 cm³/mol. The molecule has 2 N–H and O–H groups in total. The van der Waals surface area contributed by atoms with Crippen LogP contribution in [0.3, 0.4) is 0 Å². The van der Waals surface area contributed by atoms with Crippen molar-refractivity contribution in [1.29, 1.82) is 0 Å². The van der Waals surface area contributed by atoms with Gasteiger partial charge in [-0.2, -0.15) is 0 Å². The largest absolute Gasteiger partial charge is 0.486 e. The van der Waals surface area contributed by atoms with Crippen LogP contribution in [0.1, 0.15) is 11.4 Å². The minimum atomic E-state index is -2.15. The third-order valence-corrected chi connectivity index (χ3v) is 4.39. The standard InChI is InChI=1S/C16H14ClF2N3O2S/c17-12-2-9-1-10(5-20-16(23)13(19)4-18)22-14(9)3-15(12)24-6-11-7-25-8-21-11/h1-3,7-8,13,22H,4-6H2,(H,20,23)/t13-/m1/s1. The highest BCUT2D eigenvalue weighted by Gasteiger charge is 2.16. The Morgan fingerprint density at radius 3 is 3.00 bits per heavy atom. The van der Waals surface area contributed by atoms with Crippen molar-refractivity contribution in [2.45, 2.75) is 19.3 Å². The summed E-state index contributed by atoms with van der Waals surface area (Å²) < 4.78 is 30.7. The van der Waals surface area contributed by atoms with Gasteiger partial charge in [0.1, 0.15) is 19.0 Å². The van der Waals surface area contributed by atoms with E-state index < -0.39 is 18.8 Å². The molecule has 25 heavy (non-hydrogen) atoms. The number of alkyl halides is 2. The second kappa shape index (κ2) is 7.79. The second-order valence-corrected chi connectivity index (χ2v) is 6.40. The molecule has 2 aromatic heterocycles. The number of rotatable bonds is 7. The zero-order valence-corrected chi connectivity index (χ0v) is 14.5. The van der Waals surface area contributed by atoms with Crippen molar-refractivity contribution in [2.24, 2.45) is 0 Å². The summed E-state index contributed by atoms with van der Waals surface area (Å²) in [6.45, 7) is -0.978. The van der Waals surface area contributed by atoms with Crippen molar-refractivity contribution in [3.05, 3.63) is 45.5 Å². The van der Waals surface area contributed by atoms with Crippen LogP contribution in [0.25, 0.3) is 10.9 Å². The Labute approximate surface area is 151 Å². The zero-order valence-electron chi connectivity index (χ0n) is 12.9. The molecule has 0 fully saturated rings. The number of benzene rings is 1. The zero-order chi connectivity index (χ0) is 17.8. The molecular formula is C16H14ClF2N3O2S. The van der Waals surface area contributed by atoms with Crippen LogP contribution in [-0.4, -0.2) is 28.7 Å². The molecule has 0 radical (unpaired) electrons. The molecule has 1 atom stereocenters. The highest BCUT2D eigenvalue weighted by Crippen LogP contribution is 2.31. The Morgan fingerprint density at radius 2 is 2.28 bits per heavy atom. The number of hydrogen-bond acceptors (Lipinski definition) is 4. The Bertz CT molecular complexity index is 870. The maximum Gasteiger partial charge on any atom is 0.257 e. The number of aromatic amines is 1. The number of ether oxygens (including phenoxy) is 1. The molecule has 0 aliphatic rings. The molecule has 3 aromatic rings. The number of amides is 1. The van der Waals surface area contributed by atoms with Gasteiger partial charge in [-0.05, 0) is 12.1 Å². The van der Waals surface area contributed by atoms with Crippen molar-refractivity contribution in [3.8, 4) is 5.75 Å². The van der Waals surface area contributed by atoms with E-state index in [1.54, 1.807) is 23.7 Å². The number of carbonyl (C=O) groups is 1. The van der Waals surface area contributed by atoms with Crippen LogP contribution in [-0.2, 0) is 17.9 Å². The highest BCUT2D eigenvalue weighted by atomic mass is 35.5. The summed E-state index contributed by atoms with van der Waals surface area (Å²) >= 11 is 7.70. The van der Waals surface area contributed by atoms with E-state index in [0.29, 0.717) is 23.1 Å². The van der Waals surface area contributed by atoms with E-state index in [1.807, 2.05) is 5.38 Å². The summed E-state index contributed by atoms with van der Waals surface area (Å²) in [5, 5.41) is 5.47. The minimum Gasteiger partial charge on any atom is -0.486 e. The summed E-state index contributed by atoms with van der Waals surface area (Å²) in [6.07, 6.45) is -2.15. The first-order chi connectivity index (χ1) is 12.1. The fourth-order valence-corrected chi connectivity index (χ4v) is 2.99. The van der Waals surface area contributed by atoms with Crippen LogP contribution in [0.4, 0.5) is 8.78 Å². The molecule has 0 aliphatic carbocycles. The summed E-state index contributed by atoms with van der Waals surface area (Å²) in [4.78, 5) is 18.5. The first kappa shape index (κ1) is 17.6. The lowest BCUT2D eigenvalue weighted by Crippen LogP contribution is -2.32. The van der Waals surface area contributed by atoms with E-state index in [2.05, 4.69) is 15.3 Å². The van der Waals surface area contributed by atoms with Gasteiger partial charge in [0.25, 0.3) is 5.91 Å². The van der Waals surface area contributed by atoms with Crippen LogP contribution in [0.2, 0.25) is 5.02 Å². The Morgan fingerprint density at radius 1 is 1.44 bits per heavy atom. The van der Waals surface area contributed by atoms with E-state index in [1.165, 1.54) is 11.3 Å². The predicted octanol–water partition coefficient (Wildman–Crippen LogP) is 3.78. The maximum atomic E-state index is 12.9. The summed E-state index contributed by atoms with van der Waals surface area (Å²) in [5.41, 5.74) is 3.93. The molecule has 5 nitrogen and oxygen atoms in total. The van der Waals surface area contributed by atoms with Crippen molar-refractivity contribution in [1.82, 2.24) is 15.3 Å². The normalized spacial score (nSPS) is 12.3. The number of carbonyl (C=O) groups excluding carboxylic acids is 1. The fraction of sp³-hybridized carbons (Fsp3) is 0.250. The van der Waals surface area contributed by atoms with Crippen molar-refractivity contribution in [3.63, 3.8) is 0 Å². The van der Waals surface area contributed by atoms with E-state index in [-0.39, 0.29) is 6.54 Å². The van der Waals surface area contributed by atoms with Gasteiger partial charge >= 0.3 is 0 Å². The SMILES string of the molecule is O=C(NCc1cc2cc(Cl)c(OCc3cscn3)cc2[nH]1)[C@H](F)CF. The van der Waals surface area contributed by atoms with Gasteiger partial charge in [0.05, 0.1) is 22.8 Å². The first-order valence-electron chi connectivity index (χ1n) is 7.35. The van der Waals surface area contributed by atoms with Crippen molar-refractivity contribution < 1.29 is 18.3 Å². The molecule has 1 amide bonds.